The molecule has 0 saturated carbocycles. The first-order valence-corrected chi connectivity index (χ1v) is 13.6. The first kappa shape index (κ1) is 27.9. The van der Waals surface area contributed by atoms with Crippen LogP contribution in [0.4, 0.5) is 5.69 Å². The van der Waals surface area contributed by atoms with Crippen LogP contribution in [0.2, 0.25) is 0 Å². The van der Waals surface area contributed by atoms with Crippen LogP contribution in [-0.2, 0) is 13.1 Å². The number of rotatable bonds is 8. The van der Waals surface area contributed by atoms with Crippen LogP contribution in [0.3, 0.4) is 0 Å². The number of imidazole rings is 1. The Morgan fingerprint density at radius 3 is 2.49 bits per heavy atom. The Morgan fingerprint density at radius 2 is 1.76 bits per heavy atom. The van der Waals surface area contributed by atoms with Crippen molar-refractivity contribution >= 4 is 11.6 Å². The highest BCUT2D eigenvalue weighted by atomic mass is 16.5. The van der Waals surface area contributed by atoms with E-state index < -0.39 is 0 Å². The van der Waals surface area contributed by atoms with Gasteiger partial charge >= 0.3 is 0 Å². The van der Waals surface area contributed by atoms with Gasteiger partial charge in [0.25, 0.3) is 5.91 Å². The van der Waals surface area contributed by atoms with Gasteiger partial charge in [0.05, 0.1) is 30.6 Å². The predicted octanol–water partition coefficient (Wildman–Crippen LogP) is 5.56. The maximum absolute atomic E-state index is 13.2. The lowest BCUT2D eigenvalue weighted by Crippen LogP contribution is -2.48. The first-order chi connectivity index (χ1) is 19.9. The predicted molar refractivity (Wildman–Crippen MR) is 157 cm³/mol. The molecule has 3 heterocycles. The largest absolute Gasteiger partial charge is 0.496 e. The van der Waals surface area contributed by atoms with Crippen LogP contribution in [0, 0.1) is 27.3 Å². The minimum absolute atomic E-state index is 0.00440. The summed E-state index contributed by atoms with van der Waals surface area (Å²) in [7, 11) is 1.60. The second-order valence-electron chi connectivity index (χ2n) is 10.3. The number of aromatic nitrogens is 3. The molecule has 0 atom stereocenters. The molecule has 0 spiro atoms. The molecule has 1 fully saturated rings. The summed E-state index contributed by atoms with van der Waals surface area (Å²) >= 11 is 0. The fourth-order valence-electron chi connectivity index (χ4n) is 5.05. The van der Waals surface area contributed by atoms with E-state index in [1.165, 1.54) is 0 Å². The summed E-state index contributed by atoms with van der Waals surface area (Å²) in [5, 5.41) is 0. The lowest BCUT2D eigenvalue weighted by Gasteiger charge is -2.35. The Hall–Kier alpha value is -4.68. The van der Waals surface area contributed by atoms with Gasteiger partial charge in [-0.2, -0.15) is 0 Å². The molecule has 0 radical (unpaired) electrons. The Bertz CT molecular complexity index is 1600. The maximum Gasteiger partial charge on any atom is 0.257 e. The van der Waals surface area contributed by atoms with Crippen molar-refractivity contribution in [2.24, 2.45) is 0 Å². The highest BCUT2D eigenvalue weighted by Crippen LogP contribution is 2.34. The van der Waals surface area contributed by atoms with Crippen molar-refractivity contribution in [2.75, 3.05) is 33.3 Å². The topological polar surface area (TPSA) is 77.1 Å². The van der Waals surface area contributed by atoms with Crippen molar-refractivity contribution in [3.05, 3.63) is 106 Å². The van der Waals surface area contributed by atoms with Crippen LogP contribution in [-0.4, -0.2) is 63.5 Å². The second-order valence-corrected chi connectivity index (χ2v) is 10.3. The van der Waals surface area contributed by atoms with Gasteiger partial charge in [-0.05, 0) is 62.2 Å². The summed E-state index contributed by atoms with van der Waals surface area (Å²) in [5.41, 5.74) is 4.99. The second kappa shape index (κ2) is 12.2. The first-order valence-electron chi connectivity index (χ1n) is 13.6. The van der Waals surface area contributed by atoms with Crippen molar-refractivity contribution in [1.82, 2.24) is 24.3 Å². The molecule has 1 amide bonds. The van der Waals surface area contributed by atoms with Crippen LogP contribution in [0.1, 0.15) is 38.7 Å². The molecule has 9 nitrogen and oxygen atoms in total. The van der Waals surface area contributed by atoms with Crippen molar-refractivity contribution in [1.29, 1.82) is 0 Å². The Labute approximate surface area is 240 Å². The Balaban J connectivity index is 1.26. The number of hydrogen-bond donors (Lipinski definition) is 0. The van der Waals surface area contributed by atoms with Crippen molar-refractivity contribution < 1.29 is 14.3 Å². The molecular formula is C32H34N6O3. The molecule has 2 aromatic heterocycles. The normalized spacial score (nSPS) is 13.6. The molecule has 0 unspecified atom stereocenters. The summed E-state index contributed by atoms with van der Waals surface area (Å²) in [4.78, 5) is 30.0. The number of piperazine rings is 1. The molecule has 2 aromatic carbocycles. The molecule has 9 heteroatoms. The van der Waals surface area contributed by atoms with Gasteiger partial charge in [0, 0.05) is 51.7 Å². The Kier molecular flexibility index (Phi) is 8.31. The van der Waals surface area contributed by atoms with Crippen LogP contribution in [0.5, 0.6) is 17.2 Å². The van der Waals surface area contributed by atoms with E-state index in [4.69, 9.17) is 16.0 Å². The van der Waals surface area contributed by atoms with Gasteiger partial charge in [0.1, 0.15) is 23.1 Å². The van der Waals surface area contributed by atoms with E-state index in [0.29, 0.717) is 48.1 Å². The highest BCUT2D eigenvalue weighted by molar-refractivity contribution is 5.97. The molecule has 1 saturated heterocycles. The van der Waals surface area contributed by atoms with Crippen molar-refractivity contribution in [3.63, 3.8) is 0 Å². The van der Waals surface area contributed by atoms with Gasteiger partial charge in [-0.25, -0.2) is 9.83 Å². The zero-order valence-corrected chi connectivity index (χ0v) is 23.9. The number of carbonyl (C=O) groups excluding carboxylic acids is 1. The quantitative estimate of drug-likeness (QED) is 0.267. The summed E-state index contributed by atoms with van der Waals surface area (Å²) in [6.45, 7) is 17.6. The van der Waals surface area contributed by atoms with Gasteiger partial charge in [-0.15, -0.1) is 0 Å². The van der Waals surface area contributed by atoms with Gasteiger partial charge in [0.2, 0.25) is 5.69 Å². The van der Waals surface area contributed by atoms with Crippen LogP contribution < -0.4 is 9.47 Å². The third kappa shape index (κ3) is 6.23. The molecule has 0 aliphatic carbocycles. The third-order valence-electron chi connectivity index (χ3n) is 7.43. The van der Waals surface area contributed by atoms with E-state index >= 15 is 0 Å². The van der Waals surface area contributed by atoms with Crippen molar-refractivity contribution in [2.45, 2.75) is 33.9 Å². The lowest BCUT2D eigenvalue weighted by atomic mass is 10.1. The summed E-state index contributed by atoms with van der Waals surface area (Å²) in [5.74, 6) is 2.68. The Morgan fingerprint density at radius 1 is 0.951 bits per heavy atom. The van der Waals surface area contributed by atoms with Crippen LogP contribution in [0.15, 0.2) is 60.9 Å². The molecule has 5 rings (SSSR count). The molecule has 1 aliphatic heterocycles. The highest BCUT2D eigenvalue weighted by Gasteiger charge is 2.25. The van der Waals surface area contributed by atoms with Crippen LogP contribution in [0.25, 0.3) is 4.85 Å². The monoisotopic (exact) mass is 550 g/mol. The standard InChI is InChI=1S/C32H34N6O3/c1-22-8-10-27(30(17-22)40-5)32(39)37-15-13-36(14-16-37)21-26-19-35-24(3)38(26)20-25-9-11-28(33-4)31(18-25)41-29-7-6-12-34-23(29)2/h6-12,17-19H,13-16,20-21H2,1-3,5H3. The minimum atomic E-state index is 0.00440. The summed E-state index contributed by atoms with van der Waals surface area (Å²) in [6, 6.07) is 15.1. The lowest BCUT2D eigenvalue weighted by molar-refractivity contribution is 0.0622. The SMILES string of the molecule is [C-]#[N+]c1ccc(Cn2c(CN3CCN(C(=O)c4ccc(C)cc4OC)CC3)cnc2C)cc1Oc1cccnc1C. The molecule has 41 heavy (non-hydrogen) atoms. The van der Waals surface area contributed by atoms with E-state index in [1.807, 2.05) is 74.3 Å². The molecule has 210 valence electrons. The van der Waals surface area contributed by atoms with E-state index in [9.17, 15) is 4.79 Å². The maximum atomic E-state index is 13.2. The van der Waals surface area contributed by atoms with Gasteiger partial charge < -0.3 is 18.9 Å². The zero-order chi connectivity index (χ0) is 28.9. The summed E-state index contributed by atoms with van der Waals surface area (Å²) < 4.78 is 13.8. The van der Waals surface area contributed by atoms with Crippen molar-refractivity contribution in [3.8, 4) is 17.2 Å². The third-order valence-corrected chi connectivity index (χ3v) is 7.43. The minimum Gasteiger partial charge on any atom is -0.496 e. The number of amides is 1. The number of pyridine rings is 1. The average molecular weight is 551 g/mol. The number of hydrogen-bond acceptors (Lipinski definition) is 6. The number of nitrogens with zero attached hydrogens (tertiary/aromatic N) is 6. The number of aryl methyl sites for hydroxylation is 3. The van der Waals surface area contributed by atoms with Gasteiger partial charge in [0.15, 0.2) is 0 Å². The van der Waals surface area contributed by atoms with E-state index in [0.717, 1.165) is 48.0 Å². The van der Waals surface area contributed by atoms with Crippen LogP contribution >= 0.6 is 0 Å². The molecule has 4 aromatic rings. The molecule has 1 aliphatic rings. The smallest absolute Gasteiger partial charge is 0.257 e. The fraction of sp³-hybridized carbons (Fsp3) is 0.312. The van der Waals surface area contributed by atoms with E-state index in [-0.39, 0.29) is 5.91 Å². The molecule has 0 bridgehead atoms. The zero-order valence-electron chi connectivity index (χ0n) is 23.9. The van der Waals surface area contributed by atoms with Gasteiger partial charge in [-0.1, -0.05) is 18.2 Å². The number of carbonyl (C=O) groups is 1. The van der Waals surface area contributed by atoms with E-state index in [1.54, 1.807) is 19.4 Å². The summed E-state index contributed by atoms with van der Waals surface area (Å²) in [6.07, 6.45) is 3.64. The van der Waals surface area contributed by atoms with E-state index in [2.05, 4.69) is 24.3 Å². The molecule has 0 N–H and O–H groups in total. The molecular weight excluding hydrogens is 516 g/mol. The van der Waals surface area contributed by atoms with Gasteiger partial charge in [-0.3, -0.25) is 14.7 Å². The number of ether oxygens (including phenoxy) is 2. The fourth-order valence-corrected chi connectivity index (χ4v) is 5.05. The average Bonchev–Trinajstić information content (AvgIpc) is 3.32. The number of benzene rings is 2. The number of methoxy groups -OCH3 is 1.